The molecule has 19 heavy (non-hydrogen) atoms. The molecule has 4 N–H and O–H groups in total. The van der Waals surface area contributed by atoms with Crippen LogP contribution < -0.4 is 11.5 Å². The molecular formula is C15H22N4. The van der Waals surface area contributed by atoms with Gasteiger partial charge in [0, 0.05) is 19.2 Å². The lowest BCUT2D eigenvalue weighted by Gasteiger charge is -2.28. The van der Waals surface area contributed by atoms with Crippen molar-refractivity contribution in [2.24, 2.45) is 16.5 Å². The van der Waals surface area contributed by atoms with E-state index in [4.69, 9.17) is 11.5 Å². The maximum Gasteiger partial charge on any atom is 0.127 e. The molecule has 0 atom stereocenters. The summed E-state index contributed by atoms with van der Waals surface area (Å²) in [6.07, 6.45) is 5.44. The van der Waals surface area contributed by atoms with Gasteiger partial charge in [-0.25, -0.2) is 4.99 Å². The van der Waals surface area contributed by atoms with E-state index in [1.807, 2.05) is 31.2 Å². The van der Waals surface area contributed by atoms with E-state index in [0.29, 0.717) is 11.7 Å². The van der Waals surface area contributed by atoms with E-state index in [9.17, 15) is 0 Å². The zero-order chi connectivity index (χ0) is 13.7. The average molecular weight is 258 g/mol. The van der Waals surface area contributed by atoms with E-state index < -0.39 is 0 Å². The highest BCUT2D eigenvalue weighted by atomic mass is 15.2. The van der Waals surface area contributed by atoms with Crippen molar-refractivity contribution in [2.45, 2.75) is 26.2 Å². The molecule has 1 fully saturated rings. The van der Waals surface area contributed by atoms with Crippen molar-refractivity contribution in [3.63, 3.8) is 0 Å². The third kappa shape index (κ3) is 4.02. The average Bonchev–Trinajstić information content (AvgIpc) is 2.42. The van der Waals surface area contributed by atoms with Crippen LogP contribution in [0.1, 0.15) is 24.8 Å². The lowest BCUT2D eigenvalue weighted by atomic mass is 10.1. The zero-order valence-corrected chi connectivity index (χ0v) is 11.5. The van der Waals surface area contributed by atoms with Gasteiger partial charge >= 0.3 is 0 Å². The normalized spacial score (nSPS) is 17.6. The van der Waals surface area contributed by atoms with E-state index in [-0.39, 0.29) is 0 Å². The molecule has 4 heteroatoms. The van der Waals surface area contributed by atoms with Crippen LogP contribution in [0.25, 0.3) is 0 Å². The number of hydrogen-bond donors (Lipinski definition) is 2. The SMILES string of the molecule is Cc1ccc(N=C(N)/C=C(\N)N2CCCCC2)cc1. The number of nitrogens with two attached hydrogens (primary N) is 2. The van der Waals surface area contributed by atoms with E-state index in [2.05, 4.69) is 9.89 Å². The molecule has 1 aromatic rings. The van der Waals surface area contributed by atoms with Crippen LogP contribution in [0, 0.1) is 6.92 Å². The lowest BCUT2D eigenvalue weighted by Crippen LogP contribution is -2.33. The maximum absolute atomic E-state index is 6.05. The largest absolute Gasteiger partial charge is 0.385 e. The highest BCUT2D eigenvalue weighted by Gasteiger charge is 2.10. The van der Waals surface area contributed by atoms with Gasteiger partial charge in [0.1, 0.15) is 11.7 Å². The van der Waals surface area contributed by atoms with Gasteiger partial charge in [-0.1, -0.05) is 17.7 Å². The Morgan fingerprint density at radius 3 is 2.37 bits per heavy atom. The Hall–Kier alpha value is -1.97. The van der Waals surface area contributed by atoms with Gasteiger partial charge in [0.2, 0.25) is 0 Å². The van der Waals surface area contributed by atoms with Crippen molar-refractivity contribution in [2.75, 3.05) is 13.1 Å². The fourth-order valence-corrected chi connectivity index (χ4v) is 2.20. The monoisotopic (exact) mass is 258 g/mol. The number of aliphatic imine (C=N–C) groups is 1. The Kier molecular flexibility index (Phi) is 4.44. The van der Waals surface area contributed by atoms with Crippen LogP contribution in [-0.4, -0.2) is 23.8 Å². The summed E-state index contributed by atoms with van der Waals surface area (Å²) in [7, 11) is 0. The standard InChI is InChI=1S/C15H22N4/c1-12-5-7-13(8-6-12)18-14(16)11-15(17)19-9-3-2-4-10-19/h5-8,11H,2-4,9-10,17H2,1H3,(H2,16,18)/b15-11+. The molecule has 1 aromatic carbocycles. The molecule has 102 valence electrons. The molecule has 0 aromatic heterocycles. The van der Waals surface area contributed by atoms with Crippen molar-refractivity contribution in [1.82, 2.24) is 4.90 Å². The molecule has 0 amide bonds. The second-order valence-corrected chi connectivity index (χ2v) is 4.99. The summed E-state index contributed by atoms with van der Waals surface area (Å²) in [6.45, 7) is 4.07. The topological polar surface area (TPSA) is 67.6 Å². The Morgan fingerprint density at radius 1 is 1.11 bits per heavy atom. The van der Waals surface area contributed by atoms with E-state index in [0.717, 1.165) is 18.8 Å². The summed E-state index contributed by atoms with van der Waals surface area (Å²) in [5, 5.41) is 0. The molecule has 0 spiro atoms. The quantitative estimate of drug-likeness (QED) is 0.645. The predicted octanol–water partition coefficient (Wildman–Crippen LogP) is 2.27. The zero-order valence-electron chi connectivity index (χ0n) is 11.5. The Morgan fingerprint density at radius 2 is 1.74 bits per heavy atom. The van der Waals surface area contributed by atoms with Crippen LogP contribution in [0.2, 0.25) is 0 Å². The third-order valence-electron chi connectivity index (χ3n) is 3.31. The number of piperidine rings is 1. The first kappa shape index (κ1) is 13.5. The highest BCUT2D eigenvalue weighted by molar-refractivity contribution is 5.93. The molecule has 0 unspecified atom stereocenters. The van der Waals surface area contributed by atoms with E-state index in [1.54, 1.807) is 6.08 Å². The number of amidine groups is 1. The minimum atomic E-state index is 0.451. The van der Waals surface area contributed by atoms with Gasteiger partial charge in [-0.15, -0.1) is 0 Å². The van der Waals surface area contributed by atoms with Gasteiger partial charge in [0.15, 0.2) is 0 Å². The van der Waals surface area contributed by atoms with Crippen LogP contribution in [0.3, 0.4) is 0 Å². The number of rotatable bonds is 3. The molecule has 1 saturated heterocycles. The Labute approximate surface area is 114 Å². The molecule has 1 aliphatic heterocycles. The minimum Gasteiger partial charge on any atom is -0.385 e. The predicted molar refractivity (Wildman–Crippen MR) is 80.2 cm³/mol. The van der Waals surface area contributed by atoms with Crippen LogP contribution in [0.15, 0.2) is 41.2 Å². The first-order valence-corrected chi connectivity index (χ1v) is 6.78. The number of nitrogens with zero attached hydrogens (tertiary/aromatic N) is 2. The second kappa shape index (κ2) is 6.27. The number of aryl methyl sites for hydroxylation is 1. The van der Waals surface area contributed by atoms with Crippen molar-refractivity contribution in [3.05, 3.63) is 41.7 Å². The Balaban J connectivity index is 2.05. The lowest BCUT2D eigenvalue weighted by molar-refractivity contribution is 0.283. The van der Waals surface area contributed by atoms with Crippen LogP contribution in [0.4, 0.5) is 5.69 Å². The summed E-state index contributed by atoms with van der Waals surface area (Å²) in [5.41, 5.74) is 14.0. The Bertz CT molecular complexity index is 467. The summed E-state index contributed by atoms with van der Waals surface area (Å²) in [6, 6.07) is 7.94. The van der Waals surface area contributed by atoms with Gasteiger partial charge in [0.05, 0.1) is 5.69 Å². The number of likely N-dealkylation sites (tertiary alicyclic amines) is 1. The molecule has 0 bridgehead atoms. The number of benzene rings is 1. The summed E-state index contributed by atoms with van der Waals surface area (Å²) >= 11 is 0. The third-order valence-corrected chi connectivity index (χ3v) is 3.31. The van der Waals surface area contributed by atoms with Gasteiger partial charge in [-0.3, -0.25) is 0 Å². The van der Waals surface area contributed by atoms with Crippen LogP contribution >= 0.6 is 0 Å². The second-order valence-electron chi connectivity index (χ2n) is 4.99. The van der Waals surface area contributed by atoms with Crippen molar-refractivity contribution >= 4 is 11.5 Å². The van der Waals surface area contributed by atoms with E-state index in [1.165, 1.54) is 24.8 Å². The van der Waals surface area contributed by atoms with Gasteiger partial charge < -0.3 is 16.4 Å². The highest BCUT2D eigenvalue weighted by Crippen LogP contribution is 2.14. The van der Waals surface area contributed by atoms with Gasteiger partial charge in [-0.05, 0) is 38.3 Å². The summed E-state index contributed by atoms with van der Waals surface area (Å²) < 4.78 is 0. The molecule has 4 nitrogen and oxygen atoms in total. The van der Waals surface area contributed by atoms with Crippen molar-refractivity contribution in [1.29, 1.82) is 0 Å². The van der Waals surface area contributed by atoms with E-state index >= 15 is 0 Å². The molecule has 0 aliphatic carbocycles. The smallest absolute Gasteiger partial charge is 0.127 e. The van der Waals surface area contributed by atoms with Gasteiger partial charge in [0.25, 0.3) is 0 Å². The fourth-order valence-electron chi connectivity index (χ4n) is 2.20. The van der Waals surface area contributed by atoms with Crippen LogP contribution in [0.5, 0.6) is 0 Å². The molecule has 0 radical (unpaired) electrons. The molecule has 0 saturated carbocycles. The molecular weight excluding hydrogens is 236 g/mol. The molecule has 2 rings (SSSR count). The molecule has 1 aliphatic rings. The summed E-state index contributed by atoms with van der Waals surface area (Å²) in [4.78, 5) is 6.51. The maximum atomic E-state index is 6.05. The fraction of sp³-hybridized carbons (Fsp3) is 0.400. The van der Waals surface area contributed by atoms with Crippen LogP contribution in [-0.2, 0) is 0 Å². The van der Waals surface area contributed by atoms with Crippen molar-refractivity contribution in [3.8, 4) is 0 Å². The van der Waals surface area contributed by atoms with Gasteiger partial charge in [-0.2, -0.15) is 0 Å². The first-order valence-electron chi connectivity index (χ1n) is 6.78. The number of hydrogen-bond acceptors (Lipinski definition) is 3. The van der Waals surface area contributed by atoms with Crippen molar-refractivity contribution < 1.29 is 0 Å². The summed E-state index contributed by atoms with van der Waals surface area (Å²) in [5.74, 6) is 1.17. The first-order chi connectivity index (χ1) is 9.15. The molecule has 1 heterocycles. The minimum absolute atomic E-state index is 0.451.